The average molecular weight is 336 g/mol. The Bertz CT molecular complexity index is 742. The number of nitrogens with zero attached hydrogens (tertiary/aromatic N) is 1. The van der Waals surface area contributed by atoms with Crippen LogP contribution in [0.5, 0.6) is 0 Å². The van der Waals surface area contributed by atoms with Gasteiger partial charge in [-0.3, -0.25) is 4.79 Å². The normalized spacial score (nSPS) is 15.1. The molecule has 0 atom stereocenters. The molecule has 1 fully saturated rings. The number of anilines is 2. The summed E-state index contributed by atoms with van der Waals surface area (Å²) < 4.78 is 5.38. The van der Waals surface area contributed by atoms with Gasteiger partial charge in [-0.2, -0.15) is 0 Å². The Morgan fingerprint density at radius 2 is 1.68 bits per heavy atom. The quantitative estimate of drug-likeness (QED) is 0.661. The molecule has 0 radical (unpaired) electrons. The van der Waals surface area contributed by atoms with E-state index < -0.39 is 0 Å². The van der Waals surface area contributed by atoms with Gasteiger partial charge in [0.15, 0.2) is 5.78 Å². The molecule has 0 amide bonds. The van der Waals surface area contributed by atoms with E-state index in [1.54, 1.807) is 6.08 Å². The molecule has 130 valence electrons. The number of allylic oxidation sites excluding steroid dienone is 2. The van der Waals surface area contributed by atoms with Gasteiger partial charge in [0.2, 0.25) is 0 Å². The predicted octanol–water partition coefficient (Wildman–Crippen LogP) is 4.03. The van der Waals surface area contributed by atoms with Crippen molar-refractivity contribution >= 4 is 17.2 Å². The lowest BCUT2D eigenvalue weighted by Crippen LogP contribution is -2.36. The van der Waals surface area contributed by atoms with E-state index >= 15 is 0 Å². The monoisotopic (exact) mass is 336 g/mol. The van der Waals surface area contributed by atoms with Gasteiger partial charge in [-0.05, 0) is 38.1 Å². The molecule has 0 unspecified atom stereocenters. The van der Waals surface area contributed by atoms with Gasteiger partial charge >= 0.3 is 0 Å². The number of carbonyl (C=O) groups is 1. The Kier molecular flexibility index (Phi) is 5.51. The molecule has 1 saturated heterocycles. The summed E-state index contributed by atoms with van der Waals surface area (Å²) in [5, 5.41) is 3.28. The number of carbonyl (C=O) groups excluding carboxylic acids is 1. The van der Waals surface area contributed by atoms with Crippen LogP contribution in [0.1, 0.15) is 22.8 Å². The minimum atomic E-state index is 0.00920. The zero-order chi connectivity index (χ0) is 17.6. The summed E-state index contributed by atoms with van der Waals surface area (Å²) in [5.74, 6) is 0.00920. The lowest BCUT2D eigenvalue weighted by atomic mass is 10.1. The molecule has 2 aromatic carbocycles. The minimum absolute atomic E-state index is 0.00920. The Morgan fingerprint density at radius 3 is 2.32 bits per heavy atom. The van der Waals surface area contributed by atoms with Gasteiger partial charge in [-0.25, -0.2) is 0 Å². The molecule has 2 aromatic rings. The summed E-state index contributed by atoms with van der Waals surface area (Å²) in [7, 11) is 0. The van der Waals surface area contributed by atoms with Gasteiger partial charge in [-0.15, -0.1) is 0 Å². The van der Waals surface area contributed by atoms with Crippen molar-refractivity contribution < 1.29 is 9.53 Å². The van der Waals surface area contributed by atoms with Gasteiger partial charge in [-0.1, -0.05) is 29.8 Å². The van der Waals surface area contributed by atoms with Crippen LogP contribution in [-0.2, 0) is 4.74 Å². The van der Waals surface area contributed by atoms with E-state index in [1.807, 2.05) is 50.2 Å². The first kappa shape index (κ1) is 17.2. The highest BCUT2D eigenvalue weighted by atomic mass is 16.5. The lowest BCUT2D eigenvalue weighted by Gasteiger charge is -2.29. The zero-order valence-electron chi connectivity index (χ0n) is 14.8. The molecule has 25 heavy (non-hydrogen) atoms. The van der Waals surface area contributed by atoms with Gasteiger partial charge in [0.25, 0.3) is 0 Å². The van der Waals surface area contributed by atoms with Gasteiger partial charge < -0.3 is 15.0 Å². The summed E-state index contributed by atoms with van der Waals surface area (Å²) in [6.07, 6.45) is 1.64. The SMILES string of the molecule is CC(=CC(=O)c1ccc(C)cc1)Nc1ccc(N2CCOCC2)cc1. The van der Waals surface area contributed by atoms with Crippen LogP contribution in [0, 0.1) is 6.92 Å². The van der Waals surface area contributed by atoms with Crippen molar-refractivity contribution in [3.05, 3.63) is 71.4 Å². The molecule has 0 bridgehead atoms. The molecular weight excluding hydrogens is 312 g/mol. The lowest BCUT2D eigenvalue weighted by molar-refractivity contribution is 0.104. The Hall–Kier alpha value is -2.59. The van der Waals surface area contributed by atoms with E-state index in [2.05, 4.69) is 22.3 Å². The molecule has 1 heterocycles. The van der Waals surface area contributed by atoms with E-state index in [0.717, 1.165) is 43.3 Å². The van der Waals surface area contributed by atoms with Crippen LogP contribution in [-0.4, -0.2) is 32.1 Å². The summed E-state index contributed by atoms with van der Waals surface area (Å²) in [6, 6.07) is 15.9. The predicted molar refractivity (Wildman–Crippen MR) is 102 cm³/mol. The second-order valence-electron chi connectivity index (χ2n) is 6.33. The molecule has 1 N–H and O–H groups in total. The molecule has 1 aliphatic heterocycles. The first-order valence-electron chi connectivity index (χ1n) is 8.61. The highest BCUT2D eigenvalue weighted by Crippen LogP contribution is 2.20. The van der Waals surface area contributed by atoms with Crippen LogP contribution in [0.2, 0.25) is 0 Å². The topological polar surface area (TPSA) is 41.6 Å². The van der Waals surface area contributed by atoms with E-state index in [-0.39, 0.29) is 5.78 Å². The van der Waals surface area contributed by atoms with Crippen molar-refractivity contribution in [2.75, 3.05) is 36.5 Å². The number of rotatable bonds is 5. The van der Waals surface area contributed by atoms with Crippen molar-refractivity contribution in [1.82, 2.24) is 0 Å². The first-order valence-corrected chi connectivity index (χ1v) is 8.61. The summed E-state index contributed by atoms with van der Waals surface area (Å²) >= 11 is 0. The van der Waals surface area contributed by atoms with Crippen LogP contribution in [0.3, 0.4) is 0 Å². The zero-order valence-corrected chi connectivity index (χ0v) is 14.8. The average Bonchev–Trinajstić information content (AvgIpc) is 2.63. The van der Waals surface area contributed by atoms with Crippen LogP contribution in [0.4, 0.5) is 11.4 Å². The first-order chi connectivity index (χ1) is 12.1. The molecule has 0 aliphatic carbocycles. The van der Waals surface area contributed by atoms with E-state index in [1.165, 1.54) is 5.69 Å². The standard InChI is InChI=1S/C21H24N2O2/c1-16-3-5-18(6-4-16)21(24)15-17(2)22-19-7-9-20(10-8-19)23-11-13-25-14-12-23/h3-10,15,22H,11-14H2,1-2H3. The third kappa shape index (κ3) is 4.70. The van der Waals surface area contributed by atoms with Gasteiger partial charge in [0.05, 0.1) is 13.2 Å². The number of hydrogen-bond acceptors (Lipinski definition) is 4. The van der Waals surface area contributed by atoms with E-state index in [0.29, 0.717) is 5.56 Å². The molecule has 4 nitrogen and oxygen atoms in total. The van der Waals surface area contributed by atoms with Gasteiger partial charge in [0, 0.05) is 41.8 Å². The second kappa shape index (κ2) is 7.99. The maximum Gasteiger partial charge on any atom is 0.187 e. The maximum absolute atomic E-state index is 12.3. The molecule has 0 saturated carbocycles. The number of aryl methyl sites for hydroxylation is 1. The van der Waals surface area contributed by atoms with Crippen LogP contribution in [0.25, 0.3) is 0 Å². The fourth-order valence-corrected chi connectivity index (χ4v) is 2.84. The van der Waals surface area contributed by atoms with Crippen LogP contribution >= 0.6 is 0 Å². The highest BCUT2D eigenvalue weighted by Gasteiger charge is 2.10. The van der Waals surface area contributed by atoms with Crippen molar-refractivity contribution in [3.8, 4) is 0 Å². The number of ether oxygens (including phenoxy) is 1. The second-order valence-corrected chi connectivity index (χ2v) is 6.33. The van der Waals surface area contributed by atoms with Crippen molar-refractivity contribution in [1.29, 1.82) is 0 Å². The Morgan fingerprint density at radius 1 is 1.04 bits per heavy atom. The van der Waals surface area contributed by atoms with Crippen molar-refractivity contribution in [2.45, 2.75) is 13.8 Å². The summed E-state index contributed by atoms with van der Waals surface area (Å²) in [5.41, 5.74) is 4.85. The third-order valence-corrected chi connectivity index (χ3v) is 4.27. The molecule has 3 rings (SSSR count). The number of nitrogens with one attached hydrogen (secondary N) is 1. The Balaban J connectivity index is 1.62. The third-order valence-electron chi connectivity index (χ3n) is 4.27. The van der Waals surface area contributed by atoms with Crippen LogP contribution < -0.4 is 10.2 Å². The number of morpholine rings is 1. The smallest absolute Gasteiger partial charge is 0.187 e. The van der Waals surface area contributed by atoms with Crippen molar-refractivity contribution in [2.24, 2.45) is 0 Å². The summed E-state index contributed by atoms with van der Waals surface area (Å²) in [4.78, 5) is 14.6. The minimum Gasteiger partial charge on any atom is -0.378 e. The largest absolute Gasteiger partial charge is 0.378 e. The van der Waals surface area contributed by atoms with E-state index in [9.17, 15) is 4.79 Å². The number of hydrogen-bond donors (Lipinski definition) is 1. The summed E-state index contributed by atoms with van der Waals surface area (Å²) in [6.45, 7) is 7.33. The number of benzene rings is 2. The fraction of sp³-hybridized carbons (Fsp3) is 0.286. The highest BCUT2D eigenvalue weighted by molar-refractivity contribution is 6.05. The molecule has 1 aliphatic rings. The molecule has 0 spiro atoms. The Labute approximate surface area is 149 Å². The van der Waals surface area contributed by atoms with Crippen molar-refractivity contribution in [3.63, 3.8) is 0 Å². The van der Waals surface area contributed by atoms with Crippen LogP contribution in [0.15, 0.2) is 60.3 Å². The molecule has 0 aromatic heterocycles. The fourth-order valence-electron chi connectivity index (χ4n) is 2.84. The van der Waals surface area contributed by atoms with Gasteiger partial charge in [0.1, 0.15) is 0 Å². The number of ketones is 1. The maximum atomic E-state index is 12.3. The molecule has 4 heteroatoms. The van der Waals surface area contributed by atoms with E-state index in [4.69, 9.17) is 4.74 Å². The molecular formula is C21H24N2O2.